The molecule has 0 aromatic heterocycles. The number of carbonyl (C=O) groups is 1. The van der Waals surface area contributed by atoms with E-state index >= 15 is 0 Å². The van der Waals surface area contributed by atoms with Gasteiger partial charge in [-0.2, -0.15) is 0 Å². The molecule has 0 aliphatic carbocycles. The zero-order valence-corrected chi connectivity index (χ0v) is 19.6. The minimum atomic E-state index is -3.84. The molecule has 0 spiro atoms. The number of nitrogens with zero attached hydrogens (tertiary/aromatic N) is 1. The lowest BCUT2D eigenvalue weighted by molar-refractivity contribution is -0.123. The molecule has 1 aliphatic rings. The molecule has 0 radical (unpaired) electrons. The van der Waals surface area contributed by atoms with Gasteiger partial charge in [-0.15, -0.1) is 0 Å². The lowest BCUT2D eigenvalue weighted by Crippen LogP contribution is -2.42. The Morgan fingerprint density at radius 3 is 2.27 bits per heavy atom. The molecule has 0 bridgehead atoms. The summed E-state index contributed by atoms with van der Waals surface area (Å²) in [5.41, 5.74) is 0.968. The Labute approximate surface area is 166 Å². The van der Waals surface area contributed by atoms with Gasteiger partial charge in [0.25, 0.3) is 15.9 Å². The summed E-state index contributed by atoms with van der Waals surface area (Å²) in [5.74, 6) is -0.619. The predicted octanol–water partition coefficient (Wildman–Crippen LogP) is 3.93. The fourth-order valence-corrected chi connectivity index (χ4v) is 5.70. The van der Waals surface area contributed by atoms with Crippen molar-refractivity contribution in [3.05, 3.63) is 29.8 Å². The molecule has 1 heterocycles. The van der Waals surface area contributed by atoms with Crippen molar-refractivity contribution in [1.82, 2.24) is 4.31 Å². The second kappa shape index (κ2) is 7.37. The highest BCUT2D eigenvalue weighted by Gasteiger charge is 2.46. The summed E-state index contributed by atoms with van der Waals surface area (Å²) in [6.45, 7) is 13.1. The van der Waals surface area contributed by atoms with E-state index in [4.69, 9.17) is 4.43 Å². The van der Waals surface area contributed by atoms with Gasteiger partial charge in [-0.25, -0.2) is 12.7 Å². The van der Waals surface area contributed by atoms with Crippen molar-refractivity contribution >= 4 is 40.2 Å². The largest absolute Gasteiger partial charge is 0.416 e. The number of aryl methyl sites for hydroxylation is 1. The molecule has 1 saturated heterocycles. The van der Waals surface area contributed by atoms with Crippen molar-refractivity contribution in [2.75, 3.05) is 13.2 Å². The number of hydrogen-bond acceptors (Lipinski definition) is 4. The van der Waals surface area contributed by atoms with Gasteiger partial charge in [-0.1, -0.05) is 54.4 Å². The first kappa shape index (κ1) is 21.6. The average Bonchev–Trinajstić information content (AvgIpc) is 2.81. The molecule has 2 atom stereocenters. The zero-order valence-electron chi connectivity index (χ0n) is 16.2. The van der Waals surface area contributed by atoms with Crippen molar-refractivity contribution in [1.29, 1.82) is 0 Å². The number of rotatable bonds is 5. The number of benzene rings is 1. The average molecular weight is 462 g/mol. The third kappa shape index (κ3) is 4.23. The van der Waals surface area contributed by atoms with Crippen LogP contribution in [-0.2, 0) is 19.2 Å². The predicted molar refractivity (Wildman–Crippen MR) is 109 cm³/mol. The highest BCUT2D eigenvalue weighted by atomic mass is 79.9. The Hall–Kier alpha value is -0.703. The van der Waals surface area contributed by atoms with Gasteiger partial charge in [0.05, 0.1) is 4.90 Å². The first-order valence-corrected chi connectivity index (χ1v) is 13.9. The van der Waals surface area contributed by atoms with E-state index in [0.717, 1.165) is 9.87 Å². The number of hydrogen-bond donors (Lipinski definition) is 0. The highest BCUT2D eigenvalue weighted by molar-refractivity contribution is 9.10. The van der Waals surface area contributed by atoms with Gasteiger partial charge < -0.3 is 4.43 Å². The fraction of sp³-hybridized carbons (Fsp3) is 0.611. The van der Waals surface area contributed by atoms with Crippen LogP contribution in [0.25, 0.3) is 0 Å². The summed E-state index contributed by atoms with van der Waals surface area (Å²) in [6, 6.07) is 6.55. The third-order valence-corrected chi connectivity index (χ3v) is 12.8. The molecular formula is C18H28BrNO4SSi. The molecule has 8 heteroatoms. The summed E-state index contributed by atoms with van der Waals surface area (Å²) in [6.07, 6.45) is 0. The summed E-state index contributed by atoms with van der Waals surface area (Å²) < 4.78 is 32.9. The zero-order chi connectivity index (χ0) is 19.9. The van der Waals surface area contributed by atoms with Crippen LogP contribution in [0.2, 0.25) is 18.1 Å². The Bertz CT molecular complexity index is 771. The lowest BCUT2D eigenvalue weighted by atomic mass is 10.1. The lowest BCUT2D eigenvalue weighted by Gasteiger charge is -2.37. The van der Waals surface area contributed by atoms with Crippen LogP contribution in [0.5, 0.6) is 0 Å². The van der Waals surface area contributed by atoms with E-state index in [9.17, 15) is 13.2 Å². The van der Waals surface area contributed by atoms with Crippen molar-refractivity contribution < 1.29 is 17.6 Å². The molecule has 2 rings (SSSR count). The molecule has 26 heavy (non-hydrogen) atoms. The van der Waals surface area contributed by atoms with Crippen LogP contribution in [0.4, 0.5) is 0 Å². The maximum Gasteiger partial charge on any atom is 0.266 e. The summed E-state index contributed by atoms with van der Waals surface area (Å²) in [7, 11) is -5.81. The Balaban J connectivity index is 2.17. The number of carbonyl (C=O) groups excluding carboxylic acids is 1. The number of halogens is 1. The first-order chi connectivity index (χ1) is 11.8. The van der Waals surface area contributed by atoms with E-state index in [1.54, 1.807) is 24.3 Å². The maximum absolute atomic E-state index is 12.9. The quantitative estimate of drug-likeness (QED) is 0.492. The van der Waals surface area contributed by atoms with Crippen LogP contribution in [0, 0.1) is 12.8 Å². The van der Waals surface area contributed by atoms with Gasteiger partial charge in [0.2, 0.25) is 0 Å². The Morgan fingerprint density at radius 2 is 1.77 bits per heavy atom. The first-order valence-electron chi connectivity index (χ1n) is 8.68. The molecule has 146 valence electrons. The second-order valence-corrected chi connectivity index (χ2v) is 16.1. The molecule has 1 aromatic rings. The topological polar surface area (TPSA) is 63.7 Å². The molecule has 1 amide bonds. The SMILES string of the molecule is Cc1ccc(S(=O)(=O)N2C[C@H](CO[Si](C)(C)C(C)(C)C)[C@@H](Br)C2=O)cc1. The van der Waals surface area contributed by atoms with E-state index < -0.39 is 29.1 Å². The molecule has 1 aromatic carbocycles. The molecule has 1 aliphatic heterocycles. The van der Waals surface area contributed by atoms with Gasteiger partial charge >= 0.3 is 0 Å². The summed E-state index contributed by atoms with van der Waals surface area (Å²) >= 11 is 3.39. The van der Waals surface area contributed by atoms with Crippen molar-refractivity contribution in [2.45, 2.75) is 55.5 Å². The van der Waals surface area contributed by atoms with E-state index in [-0.39, 0.29) is 22.4 Å². The molecule has 0 N–H and O–H groups in total. The van der Waals surface area contributed by atoms with Gasteiger partial charge in [0.15, 0.2) is 8.32 Å². The van der Waals surface area contributed by atoms with Crippen LogP contribution in [0.3, 0.4) is 0 Å². The summed E-state index contributed by atoms with van der Waals surface area (Å²) in [4.78, 5) is 12.2. The molecule has 5 nitrogen and oxygen atoms in total. The van der Waals surface area contributed by atoms with Crippen molar-refractivity contribution in [3.63, 3.8) is 0 Å². The van der Waals surface area contributed by atoms with Crippen molar-refractivity contribution in [3.8, 4) is 0 Å². The third-order valence-electron chi connectivity index (χ3n) is 5.37. The van der Waals surface area contributed by atoms with Crippen LogP contribution >= 0.6 is 15.9 Å². The van der Waals surface area contributed by atoms with E-state index in [2.05, 4.69) is 49.8 Å². The minimum absolute atomic E-state index is 0.0606. The maximum atomic E-state index is 12.9. The van der Waals surface area contributed by atoms with Gasteiger partial charge in [-0.3, -0.25) is 4.79 Å². The smallest absolute Gasteiger partial charge is 0.266 e. The van der Waals surface area contributed by atoms with E-state index in [0.29, 0.717) is 6.61 Å². The van der Waals surface area contributed by atoms with E-state index in [1.807, 2.05) is 6.92 Å². The minimum Gasteiger partial charge on any atom is -0.416 e. The molecule has 0 unspecified atom stereocenters. The van der Waals surface area contributed by atoms with Crippen molar-refractivity contribution in [2.24, 2.45) is 5.92 Å². The Kier molecular flexibility index (Phi) is 6.12. The van der Waals surface area contributed by atoms with Gasteiger partial charge in [0.1, 0.15) is 4.83 Å². The van der Waals surface area contributed by atoms with Crippen LogP contribution < -0.4 is 0 Å². The Morgan fingerprint density at radius 1 is 1.23 bits per heavy atom. The highest BCUT2D eigenvalue weighted by Crippen LogP contribution is 2.38. The molecular weight excluding hydrogens is 434 g/mol. The number of alkyl halides is 1. The van der Waals surface area contributed by atoms with Crippen LogP contribution in [-0.4, -0.2) is 44.9 Å². The van der Waals surface area contributed by atoms with Gasteiger partial charge in [-0.05, 0) is 37.2 Å². The van der Waals surface area contributed by atoms with E-state index in [1.165, 1.54) is 0 Å². The molecule has 1 fully saturated rings. The van der Waals surface area contributed by atoms with Gasteiger partial charge in [0, 0.05) is 19.1 Å². The van der Waals surface area contributed by atoms with Crippen LogP contribution in [0.15, 0.2) is 29.2 Å². The number of amides is 1. The normalized spacial score (nSPS) is 22.1. The van der Waals surface area contributed by atoms with Crippen LogP contribution in [0.1, 0.15) is 26.3 Å². The number of sulfonamides is 1. The summed E-state index contributed by atoms with van der Waals surface area (Å²) in [5, 5.41) is 0.0606. The molecule has 0 saturated carbocycles. The monoisotopic (exact) mass is 461 g/mol. The fourth-order valence-electron chi connectivity index (χ4n) is 2.46. The standard InChI is InChI=1S/C18H28BrNO4SSi/c1-13-7-9-15(10-8-13)25(22,23)20-11-14(16(19)17(20)21)12-24-26(5,6)18(2,3)4/h7-10,14,16H,11-12H2,1-6H3/t14-,16-/m1/s1. The second-order valence-electron chi connectivity index (χ2n) is 8.42.